The molecule has 2 rings (SSSR count). The first kappa shape index (κ1) is 6.09. The standard InChI is InChI=1S/C6H7N5/c1-3-5-4(11-10-3)2-8-6(7)9-5/h2H,1H3,(H,10,11)(H2,7,8,9). The lowest BCUT2D eigenvalue weighted by Crippen LogP contribution is -1.93. The number of rotatable bonds is 0. The molecule has 0 bridgehead atoms. The molecule has 2 aromatic heterocycles. The summed E-state index contributed by atoms with van der Waals surface area (Å²) in [6, 6.07) is 0. The summed E-state index contributed by atoms with van der Waals surface area (Å²) in [5.41, 5.74) is 7.84. The Labute approximate surface area is 62.7 Å². The zero-order valence-corrected chi connectivity index (χ0v) is 6.00. The van der Waals surface area contributed by atoms with Crippen LogP contribution >= 0.6 is 0 Å². The average Bonchev–Trinajstić information content (AvgIpc) is 2.33. The predicted molar refractivity (Wildman–Crippen MR) is 40.8 cm³/mol. The lowest BCUT2D eigenvalue weighted by molar-refractivity contribution is 1.07. The molecule has 2 heterocycles. The summed E-state index contributed by atoms with van der Waals surface area (Å²) in [6.07, 6.45) is 1.60. The second kappa shape index (κ2) is 1.91. The number of anilines is 1. The van der Waals surface area contributed by atoms with E-state index in [1.165, 1.54) is 0 Å². The molecule has 0 radical (unpaired) electrons. The van der Waals surface area contributed by atoms with Crippen LogP contribution in [-0.2, 0) is 0 Å². The van der Waals surface area contributed by atoms with Gasteiger partial charge >= 0.3 is 0 Å². The van der Waals surface area contributed by atoms with E-state index in [-0.39, 0.29) is 5.95 Å². The molecule has 0 fully saturated rings. The van der Waals surface area contributed by atoms with Crippen molar-refractivity contribution in [3.63, 3.8) is 0 Å². The predicted octanol–water partition coefficient (Wildman–Crippen LogP) is 0.244. The van der Waals surface area contributed by atoms with Crippen molar-refractivity contribution >= 4 is 17.0 Å². The van der Waals surface area contributed by atoms with Crippen molar-refractivity contribution in [2.24, 2.45) is 0 Å². The zero-order valence-electron chi connectivity index (χ0n) is 6.00. The fraction of sp³-hybridized carbons (Fsp3) is 0.167. The minimum absolute atomic E-state index is 0.280. The molecule has 3 N–H and O–H groups in total. The number of hydrogen-bond acceptors (Lipinski definition) is 4. The molecule has 0 atom stereocenters. The molecule has 0 aliphatic carbocycles. The molecule has 0 amide bonds. The van der Waals surface area contributed by atoms with Crippen LogP contribution in [0.4, 0.5) is 5.95 Å². The summed E-state index contributed by atoms with van der Waals surface area (Å²) in [5, 5.41) is 6.75. The number of fused-ring (bicyclic) bond motifs is 1. The van der Waals surface area contributed by atoms with Crippen LogP contribution in [0.2, 0.25) is 0 Å². The fourth-order valence-corrected chi connectivity index (χ4v) is 0.944. The summed E-state index contributed by atoms with van der Waals surface area (Å²) in [5.74, 6) is 0.280. The Morgan fingerprint density at radius 2 is 2.36 bits per heavy atom. The van der Waals surface area contributed by atoms with Gasteiger partial charge in [-0.05, 0) is 6.92 Å². The molecule has 56 valence electrons. The normalized spacial score (nSPS) is 10.6. The first-order valence-corrected chi connectivity index (χ1v) is 3.20. The van der Waals surface area contributed by atoms with E-state index < -0.39 is 0 Å². The van der Waals surface area contributed by atoms with Crippen molar-refractivity contribution < 1.29 is 0 Å². The van der Waals surface area contributed by atoms with E-state index in [0.29, 0.717) is 0 Å². The van der Waals surface area contributed by atoms with Gasteiger partial charge in [0.2, 0.25) is 5.95 Å². The van der Waals surface area contributed by atoms with Gasteiger partial charge in [0.15, 0.2) is 0 Å². The maximum Gasteiger partial charge on any atom is 0.220 e. The number of nitrogen functional groups attached to an aromatic ring is 1. The van der Waals surface area contributed by atoms with Gasteiger partial charge in [0, 0.05) is 0 Å². The first-order chi connectivity index (χ1) is 5.27. The molecule has 0 saturated carbocycles. The highest BCUT2D eigenvalue weighted by atomic mass is 15.1. The van der Waals surface area contributed by atoms with E-state index in [0.717, 1.165) is 16.7 Å². The molecule has 0 spiro atoms. The van der Waals surface area contributed by atoms with Crippen molar-refractivity contribution in [3.8, 4) is 0 Å². The van der Waals surface area contributed by atoms with Crippen LogP contribution in [0.5, 0.6) is 0 Å². The molecule has 5 nitrogen and oxygen atoms in total. The van der Waals surface area contributed by atoms with Crippen molar-refractivity contribution in [3.05, 3.63) is 11.9 Å². The molecule has 0 aliphatic heterocycles. The van der Waals surface area contributed by atoms with Gasteiger partial charge in [0.1, 0.15) is 11.0 Å². The number of nitrogens with two attached hydrogens (primary N) is 1. The van der Waals surface area contributed by atoms with Crippen molar-refractivity contribution in [1.29, 1.82) is 0 Å². The number of aromatic amines is 1. The topological polar surface area (TPSA) is 80.5 Å². The Kier molecular flexibility index (Phi) is 1.06. The second-order valence-corrected chi connectivity index (χ2v) is 2.31. The molecule has 11 heavy (non-hydrogen) atoms. The maximum atomic E-state index is 5.39. The number of H-pyrrole nitrogens is 1. The lowest BCUT2D eigenvalue weighted by atomic mass is 10.4. The molecule has 0 aromatic carbocycles. The lowest BCUT2D eigenvalue weighted by Gasteiger charge is -1.89. The molecular weight excluding hydrogens is 142 g/mol. The van der Waals surface area contributed by atoms with Gasteiger partial charge in [-0.25, -0.2) is 9.97 Å². The van der Waals surface area contributed by atoms with E-state index in [1.54, 1.807) is 6.20 Å². The van der Waals surface area contributed by atoms with E-state index >= 15 is 0 Å². The van der Waals surface area contributed by atoms with Gasteiger partial charge in [-0.3, -0.25) is 5.10 Å². The van der Waals surface area contributed by atoms with E-state index in [4.69, 9.17) is 5.73 Å². The van der Waals surface area contributed by atoms with Crippen LogP contribution < -0.4 is 5.73 Å². The summed E-state index contributed by atoms with van der Waals surface area (Å²) in [6.45, 7) is 1.89. The van der Waals surface area contributed by atoms with E-state index in [1.807, 2.05) is 6.92 Å². The van der Waals surface area contributed by atoms with Crippen LogP contribution in [-0.4, -0.2) is 20.2 Å². The van der Waals surface area contributed by atoms with Gasteiger partial charge < -0.3 is 5.73 Å². The molecular formula is C6H7N5. The molecule has 2 aromatic rings. The number of aryl methyl sites for hydroxylation is 1. The molecule has 0 aliphatic rings. The van der Waals surface area contributed by atoms with Gasteiger partial charge in [0.25, 0.3) is 0 Å². The van der Waals surface area contributed by atoms with Gasteiger partial charge in [-0.1, -0.05) is 0 Å². The number of aromatic nitrogens is 4. The van der Waals surface area contributed by atoms with E-state index in [9.17, 15) is 0 Å². The van der Waals surface area contributed by atoms with Crippen molar-refractivity contribution in [2.75, 3.05) is 5.73 Å². The second-order valence-electron chi connectivity index (χ2n) is 2.31. The zero-order chi connectivity index (χ0) is 7.84. The first-order valence-electron chi connectivity index (χ1n) is 3.20. The third-order valence-corrected chi connectivity index (χ3v) is 1.49. The van der Waals surface area contributed by atoms with Crippen LogP contribution in [0, 0.1) is 6.92 Å². The van der Waals surface area contributed by atoms with Crippen LogP contribution in [0.25, 0.3) is 11.0 Å². The Morgan fingerprint density at radius 1 is 1.55 bits per heavy atom. The van der Waals surface area contributed by atoms with Crippen molar-refractivity contribution in [1.82, 2.24) is 20.2 Å². The maximum absolute atomic E-state index is 5.39. The van der Waals surface area contributed by atoms with Crippen molar-refractivity contribution in [2.45, 2.75) is 6.92 Å². The smallest absolute Gasteiger partial charge is 0.220 e. The minimum atomic E-state index is 0.280. The fourth-order valence-electron chi connectivity index (χ4n) is 0.944. The average molecular weight is 149 g/mol. The number of hydrogen-bond donors (Lipinski definition) is 2. The Hall–Kier alpha value is -1.65. The highest BCUT2D eigenvalue weighted by molar-refractivity contribution is 5.76. The molecule has 0 saturated heterocycles. The Morgan fingerprint density at radius 3 is 3.18 bits per heavy atom. The Balaban J connectivity index is 2.87. The summed E-state index contributed by atoms with van der Waals surface area (Å²) in [4.78, 5) is 7.81. The van der Waals surface area contributed by atoms with Gasteiger partial charge in [0.05, 0.1) is 11.9 Å². The highest BCUT2D eigenvalue weighted by Gasteiger charge is 2.02. The quantitative estimate of drug-likeness (QED) is 0.562. The summed E-state index contributed by atoms with van der Waals surface area (Å²) in [7, 11) is 0. The van der Waals surface area contributed by atoms with Crippen LogP contribution in [0.15, 0.2) is 6.20 Å². The van der Waals surface area contributed by atoms with Crippen LogP contribution in [0.3, 0.4) is 0 Å². The van der Waals surface area contributed by atoms with Crippen LogP contribution in [0.1, 0.15) is 5.69 Å². The summed E-state index contributed by atoms with van der Waals surface area (Å²) < 4.78 is 0. The molecule has 5 heteroatoms. The van der Waals surface area contributed by atoms with Gasteiger partial charge in [-0.2, -0.15) is 5.10 Å². The third kappa shape index (κ3) is 0.813. The monoisotopic (exact) mass is 149 g/mol. The Bertz CT molecular complexity index is 391. The highest BCUT2D eigenvalue weighted by Crippen LogP contribution is 2.10. The summed E-state index contributed by atoms with van der Waals surface area (Å²) >= 11 is 0. The van der Waals surface area contributed by atoms with E-state index in [2.05, 4.69) is 20.2 Å². The largest absolute Gasteiger partial charge is 0.368 e. The molecule has 0 unspecified atom stereocenters. The third-order valence-electron chi connectivity index (χ3n) is 1.49. The van der Waals surface area contributed by atoms with Gasteiger partial charge in [-0.15, -0.1) is 0 Å². The number of nitrogens with zero attached hydrogens (tertiary/aromatic N) is 3. The SMILES string of the molecule is Cc1[nH]nc2cnc(N)nc12. The number of nitrogens with one attached hydrogen (secondary N) is 1. The minimum Gasteiger partial charge on any atom is -0.368 e.